The number of halogens is 1. The molecular formula is C21H21ClN4O2S. The number of amides is 1. The van der Waals surface area contributed by atoms with Gasteiger partial charge in [0, 0.05) is 31.2 Å². The van der Waals surface area contributed by atoms with Crippen LogP contribution in [0.5, 0.6) is 0 Å². The molecule has 1 aliphatic rings. The van der Waals surface area contributed by atoms with Crippen molar-refractivity contribution in [1.82, 2.24) is 19.4 Å². The highest BCUT2D eigenvalue weighted by Crippen LogP contribution is 2.23. The lowest BCUT2D eigenvalue weighted by Crippen LogP contribution is -2.47. The molecule has 8 heteroatoms. The lowest BCUT2D eigenvalue weighted by molar-refractivity contribution is -0.129. The highest BCUT2D eigenvalue weighted by Gasteiger charge is 2.21. The molecule has 1 amide bonds. The van der Waals surface area contributed by atoms with Crippen LogP contribution in [0.3, 0.4) is 0 Å². The molecule has 1 aromatic heterocycles. The first-order valence-corrected chi connectivity index (χ1v) is 10.8. The zero-order valence-corrected chi connectivity index (χ0v) is 17.6. The predicted molar refractivity (Wildman–Crippen MR) is 117 cm³/mol. The Morgan fingerprint density at radius 1 is 1.07 bits per heavy atom. The van der Waals surface area contributed by atoms with Crippen LogP contribution in [0.25, 0.3) is 16.6 Å². The fourth-order valence-electron chi connectivity index (χ4n) is 3.30. The molecule has 0 unspecified atom stereocenters. The molecule has 3 aromatic rings. The minimum absolute atomic E-state index is 0.0631. The number of piperazine rings is 1. The van der Waals surface area contributed by atoms with Gasteiger partial charge >= 0.3 is 0 Å². The SMILES string of the molecule is CN1CCN(C(=O)CSc2nc3ccccc3c(=O)n2-c2ccc(Cl)cc2)CC1. The summed E-state index contributed by atoms with van der Waals surface area (Å²) in [6, 6.07) is 14.3. The zero-order valence-electron chi connectivity index (χ0n) is 16.0. The Kier molecular flexibility index (Phi) is 5.89. The molecule has 1 saturated heterocycles. The van der Waals surface area contributed by atoms with Crippen LogP contribution in [0.4, 0.5) is 0 Å². The molecule has 29 heavy (non-hydrogen) atoms. The van der Waals surface area contributed by atoms with Crippen LogP contribution in [0.15, 0.2) is 58.5 Å². The van der Waals surface area contributed by atoms with Crippen LogP contribution in [-0.4, -0.2) is 64.2 Å². The molecule has 150 valence electrons. The summed E-state index contributed by atoms with van der Waals surface area (Å²) in [4.78, 5) is 34.6. The van der Waals surface area contributed by atoms with Gasteiger partial charge in [0.25, 0.3) is 5.56 Å². The summed E-state index contributed by atoms with van der Waals surface area (Å²) >= 11 is 7.30. The van der Waals surface area contributed by atoms with Gasteiger partial charge in [-0.25, -0.2) is 4.98 Å². The number of likely N-dealkylation sites (N-methyl/N-ethyl adjacent to an activating group) is 1. The predicted octanol–water partition coefficient (Wildman–Crippen LogP) is 2.91. The fourth-order valence-corrected chi connectivity index (χ4v) is 4.34. The number of rotatable bonds is 4. The van der Waals surface area contributed by atoms with E-state index in [2.05, 4.69) is 16.9 Å². The monoisotopic (exact) mass is 428 g/mol. The first kappa shape index (κ1) is 19.9. The Labute approximate surface area is 178 Å². The maximum atomic E-state index is 13.2. The smallest absolute Gasteiger partial charge is 0.266 e. The van der Waals surface area contributed by atoms with E-state index in [4.69, 9.17) is 11.6 Å². The van der Waals surface area contributed by atoms with Crippen LogP contribution in [0, 0.1) is 0 Å². The number of para-hydroxylation sites is 1. The van der Waals surface area contributed by atoms with E-state index in [1.165, 1.54) is 11.8 Å². The molecule has 4 rings (SSSR count). The van der Waals surface area contributed by atoms with Crippen molar-refractivity contribution < 1.29 is 4.79 Å². The third-order valence-electron chi connectivity index (χ3n) is 5.01. The average molecular weight is 429 g/mol. The Morgan fingerprint density at radius 3 is 2.48 bits per heavy atom. The number of nitrogens with zero attached hydrogens (tertiary/aromatic N) is 4. The molecular weight excluding hydrogens is 408 g/mol. The van der Waals surface area contributed by atoms with E-state index in [1.54, 1.807) is 34.9 Å². The Morgan fingerprint density at radius 2 is 1.76 bits per heavy atom. The standard InChI is InChI=1S/C21H21ClN4O2S/c1-24-10-12-25(13-11-24)19(27)14-29-21-23-18-5-3-2-4-17(18)20(28)26(21)16-8-6-15(22)7-9-16/h2-9H,10-14H2,1H3. The lowest BCUT2D eigenvalue weighted by atomic mass is 10.2. The summed E-state index contributed by atoms with van der Waals surface area (Å²) in [5.74, 6) is 0.301. The molecule has 0 N–H and O–H groups in total. The van der Waals surface area contributed by atoms with E-state index in [-0.39, 0.29) is 17.2 Å². The van der Waals surface area contributed by atoms with E-state index >= 15 is 0 Å². The topological polar surface area (TPSA) is 58.4 Å². The third-order valence-corrected chi connectivity index (χ3v) is 6.19. The van der Waals surface area contributed by atoms with E-state index in [1.807, 2.05) is 23.1 Å². The number of thioether (sulfide) groups is 1. The zero-order chi connectivity index (χ0) is 20.4. The minimum atomic E-state index is -0.160. The number of aromatic nitrogens is 2. The number of carbonyl (C=O) groups excluding carboxylic acids is 1. The molecule has 6 nitrogen and oxygen atoms in total. The van der Waals surface area contributed by atoms with Gasteiger partial charge in [-0.1, -0.05) is 35.5 Å². The van der Waals surface area contributed by atoms with Crippen molar-refractivity contribution in [2.24, 2.45) is 0 Å². The van der Waals surface area contributed by atoms with Gasteiger partial charge in [-0.15, -0.1) is 0 Å². The van der Waals surface area contributed by atoms with Crippen molar-refractivity contribution in [2.75, 3.05) is 39.0 Å². The highest BCUT2D eigenvalue weighted by atomic mass is 35.5. The summed E-state index contributed by atoms with van der Waals surface area (Å²) in [7, 11) is 2.06. The fraction of sp³-hybridized carbons (Fsp3) is 0.286. The van der Waals surface area contributed by atoms with E-state index < -0.39 is 0 Å². The third kappa shape index (κ3) is 4.32. The van der Waals surface area contributed by atoms with Gasteiger partial charge < -0.3 is 9.80 Å². The molecule has 0 aliphatic carbocycles. The second-order valence-corrected chi connectivity index (χ2v) is 8.38. The molecule has 1 aliphatic heterocycles. The summed E-state index contributed by atoms with van der Waals surface area (Å²) in [5.41, 5.74) is 1.14. The number of fused-ring (bicyclic) bond motifs is 1. The largest absolute Gasteiger partial charge is 0.339 e. The molecule has 0 radical (unpaired) electrons. The number of hydrogen-bond donors (Lipinski definition) is 0. The van der Waals surface area contributed by atoms with Gasteiger partial charge in [0.15, 0.2) is 5.16 Å². The molecule has 0 atom stereocenters. The Bertz CT molecular complexity index is 1090. The Hall–Kier alpha value is -2.35. The minimum Gasteiger partial charge on any atom is -0.339 e. The van der Waals surface area contributed by atoms with E-state index in [0.717, 1.165) is 26.2 Å². The lowest BCUT2D eigenvalue weighted by Gasteiger charge is -2.32. The summed E-state index contributed by atoms with van der Waals surface area (Å²) in [6.45, 7) is 3.20. The van der Waals surface area contributed by atoms with Crippen molar-refractivity contribution in [2.45, 2.75) is 5.16 Å². The van der Waals surface area contributed by atoms with Crippen molar-refractivity contribution in [3.8, 4) is 5.69 Å². The molecule has 0 saturated carbocycles. The van der Waals surface area contributed by atoms with Gasteiger partial charge in [-0.3, -0.25) is 14.2 Å². The van der Waals surface area contributed by atoms with Crippen molar-refractivity contribution in [3.05, 3.63) is 63.9 Å². The molecule has 2 heterocycles. The van der Waals surface area contributed by atoms with Crippen molar-refractivity contribution in [3.63, 3.8) is 0 Å². The number of hydrogen-bond acceptors (Lipinski definition) is 5. The molecule has 0 bridgehead atoms. The quantitative estimate of drug-likeness (QED) is 0.472. The van der Waals surface area contributed by atoms with Gasteiger partial charge in [-0.05, 0) is 43.4 Å². The Balaban J connectivity index is 1.67. The van der Waals surface area contributed by atoms with Gasteiger partial charge in [0.05, 0.1) is 22.3 Å². The van der Waals surface area contributed by atoms with Crippen LogP contribution >= 0.6 is 23.4 Å². The van der Waals surface area contributed by atoms with Crippen LogP contribution < -0.4 is 5.56 Å². The summed E-state index contributed by atoms with van der Waals surface area (Å²) in [5, 5.41) is 1.63. The normalized spacial score (nSPS) is 15.0. The first-order valence-electron chi connectivity index (χ1n) is 9.40. The average Bonchev–Trinajstić information content (AvgIpc) is 2.73. The first-order chi connectivity index (χ1) is 14.0. The number of carbonyl (C=O) groups is 1. The summed E-state index contributed by atoms with van der Waals surface area (Å²) < 4.78 is 1.56. The van der Waals surface area contributed by atoms with Crippen molar-refractivity contribution in [1.29, 1.82) is 0 Å². The van der Waals surface area contributed by atoms with Gasteiger partial charge in [0.2, 0.25) is 5.91 Å². The van der Waals surface area contributed by atoms with E-state index in [0.29, 0.717) is 26.8 Å². The summed E-state index contributed by atoms with van der Waals surface area (Å²) in [6.07, 6.45) is 0. The van der Waals surface area contributed by atoms with Crippen molar-refractivity contribution >= 4 is 40.2 Å². The highest BCUT2D eigenvalue weighted by molar-refractivity contribution is 7.99. The van der Waals surface area contributed by atoms with Gasteiger partial charge in [0.1, 0.15) is 0 Å². The van der Waals surface area contributed by atoms with Gasteiger partial charge in [-0.2, -0.15) is 0 Å². The van der Waals surface area contributed by atoms with Crippen LogP contribution in [-0.2, 0) is 4.79 Å². The molecule has 0 spiro atoms. The second-order valence-electron chi connectivity index (χ2n) is 7.00. The number of benzene rings is 2. The van der Waals surface area contributed by atoms with E-state index in [9.17, 15) is 9.59 Å². The van der Waals surface area contributed by atoms with Crippen LogP contribution in [0.1, 0.15) is 0 Å². The molecule has 2 aromatic carbocycles. The maximum absolute atomic E-state index is 13.2. The molecule has 1 fully saturated rings. The van der Waals surface area contributed by atoms with Crippen LogP contribution in [0.2, 0.25) is 5.02 Å². The maximum Gasteiger partial charge on any atom is 0.266 e. The second kappa shape index (κ2) is 8.57.